The first-order chi connectivity index (χ1) is 16.2. The highest BCUT2D eigenvalue weighted by molar-refractivity contribution is 6.43. The molecular weight excluding hydrogens is 435 g/mol. The zero-order chi connectivity index (χ0) is 24.7. The van der Waals surface area contributed by atoms with Crippen molar-refractivity contribution in [2.75, 3.05) is 6.54 Å². The lowest BCUT2D eigenvalue weighted by Gasteiger charge is -2.29. The van der Waals surface area contributed by atoms with E-state index in [-0.39, 0.29) is 31.2 Å². The van der Waals surface area contributed by atoms with Gasteiger partial charge < -0.3 is 25.5 Å². The van der Waals surface area contributed by atoms with Crippen LogP contribution < -0.4 is 10.6 Å². The maximum atomic E-state index is 13.4. The summed E-state index contributed by atoms with van der Waals surface area (Å²) in [6, 6.07) is 14.6. The Morgan fingerprint density at radius 3 is 2.53 bits per heavy atom. The van der Waals surface area contributed by atoms with Crippen molar-refractivity contribution < 1.29 is 24.5 Å². The molecule has 3 rings (SSSR count). The Labute approximate surface area is 199 Å². The molecule has 1 aromatic carbocycles. The Kier molecular flexibility index (Phi) is 8.41. The average Bonchev–Trinajstić information content (AvgIpc) is 3.21. The molecule has 34 heavy (non-hydrogen) atoms. The molecule has 4 N–H and O–H groups in total. The van der Waals surface area contributed by atoms with Crippen LogP contribution in [0.4, 0.5) is 0 Å². The molecule has 0 bridgehead atoms. The van der Waals surface area contributed by atoms with E-state index in [1.165, 1.54) is 0 Å². The Bertz CT molecular complexity index is 1030. The van der Waals surface area contributed by atoms with Gasteiger partial charge in [-0.1, -0.05) is 55.4 Å². The number of aromatic nitrogens is 1. The number of hydrogen-bond acceptors (Lipinski definition) is 7. The van der Waals surface area contributed by atoms with Gasteiger partial charge in [-0.15, -0.1) is 0 Å². The van der Waals surface area contributed by atoms with Gasteiger partial charge >= 0.3 is 7.12 Å². The van der Waals surface area contributed by atoms with Crippen LogP contribution in [0.25, 0.3) is 0 Å². The molecule has 2 heterocycles. The van der Waals surface area contributed by atoms with Crippen LogP contribution >= 0.6 is 0 Å². The highest BCUT2D eigenvalue weighted by Gasteiger charge is 2.48. The van der Waals surface area contributed by atoms with Gasteiger partial charge in [-0.2, -0.15) is 0 Å². The number of nitrogens with zero attached hydrogens (tertiary/aromatic N) is 2. The number of nitrogens with one attached hydrogen (secondary N) is 2. The van der Waals surface area contributed by atoms with Crippen LogP contribution in [-0.4, -0.2) is 57.8 Å². The monoisotopic (exact) mass is 466 g/mol. The van der Waals surface area contributed by atoms with Gasteiger partial charge in [0.05, 0.1) is 18.2 Å². The Balaban J connectivity index is 1.72. The van der Waals surface area contributed by atoms with E-state index in [4.69, 9.17) is 4.84 Å². The Morgan fingerprint density at radius 2 is 1.88 bits per heavy atom. The first-order valence-corrected chi connectivity index (χ1v) is 11.4. The van der Waals surface area contributed by atoms with Gasteiger partial charge in [-0.3, -0.25) is 9.59 Å². The lowest BCUT2D eigenvalue weighted by molar-refractivity contribution is -0.144. The van der Waals surface area contributed by atoms with Crippen molar-refractivity contribution in [3.05, 3.63) is 65.5 Å². The second kappa shape index (κ2) is 11.3. The summed E-state index contributed by atoms with van der Waals surface area (Å²) in [6.45, 7) is 5.76. The minimum absolute atomic E-state index is 0.0936. The van der Waals surface area contributed by atoms with Gasteiger partial charge in [0, 0.05) is 18.5 Å². The number of carbonyl (C=O) groups excluding carboxylic acids is 2. The molecule has 0 aliphatic carbocycles. The lowest BCUT2D eigenvalue weighted by Crippen LogP contribution is -2.56. The number of hydrogen-bond donors (Lipinski definition) is 4. The highest BCUT2D eigenvalue weighted by Crippen LogP contribution is 2.29. The van der Waals surface area contributed by atoms with E-state index in [2.05, 4.69) is 20.8 Å². The van der Waals surface area contributed by atoms with E-state index in [1.807, 2.05) is 44.2 Å². The maximum Gasteiger partial charge on any atom is 0.475 e. The van der Waals surface area contributed by atoms with Gasteiger partial charge in [-0.05, 0) is 37.0 Å². The van der Waals surface area contributed by atoms with Crippen LogP contribution in [-0.2, 0) is 16.1 Å². The molecule has 0 fully saturated rings. The predicted octanol–water partition coefficient (Wildman–Crippen LogP) is 1.42. The van der Waals surface area contributed by atoms with Gasteiger partial charge in [0.15, 0.2) is 0 Å². The molecule has 1 aliphatic heterocycles. The topological polar surface area (TPSA) is 133 Å². The summed E-state index contributed by atoms with van der Waals surface area (Å²) in [5.41, 5.74) is 1.02. The van der Waals surface area contributed by atoms with Crippen molar-refractivity contribution in [2.24, 2.45) is 11.1 Å². The summed E-state index contributed by atoms with van der Waals surface area (Å²) >= 11 is 0. The first-order valence-electron chi connectivity index (χ1n) is 11.4. The van der Waals surface area contributed by atoms with Crippen molar-refractivity contribution in [2.45, 2.75) is 51.6 Å². The van der Waals surface area contributed by atoms with E-state index in [0.717, 1.165) is 11.3 Å². The summed E-state index contributed by atoms with van der Waals surface area (Å²) in [5.74, 6) is -1.55. The van der Waals surface area contributed by atoms with Crippen molar-refractivity contribution >= 4 is 24.6 Å². The quantitative estimate of drug-likeness (QED) is 0.392. The van der Waals surface area contributed by atoms with E-state index < -0.39 is 24.6 Å². The van der Waals surface area contributed by atoms with E-state index in [0.29, 0.717) is 17.8 Å². The van der Waals surface area contributed by atoms with E-state index in [9.17, 15) is 19.6 Å². The minimum atomic E-state index is -1.71. The van der Waals surface area contributed by atoms with Crippen LogP contribution in [0.1, 0.15) is 48.4 Å². The highest BCUT2D eigenvalue weighted by atomic mass is 16.7. The van der Waals surface area contributed by atoms with Crippen molar-refractivity contribution in [3.8, 4) is 0 Å². The fraction of sp³-hybridized carbons (Fsp3) is 0.417. The van der Waals surface area contributed by atoms with Crippen LogP contribution in [0.2, 0.25) is 0 Å². The number of oxime groups is 1. The molecule has 10 heteroatoms. The molecule has 1 aliphatic rings. The molecule has 2 atom stereocenters. The average molecular weight is 466 g/mol. The number of carbonyl (C=O) groups is 2. The van der Waals surface area contributed by atoms with Crippen molar-refractivity contribution in [1.82, 2.24) is 15.6 Å². The SMILES string of the molecule is Cc1cccc(C(=O)NCC2=NOC(Cc3ccccc3)(C(=O)N[C@@H](CC(C)C)B(O)O)C2)n1. The van der Waals surface area contributed by atoms with Gasteiger partial charge in [0.2, 0.25) is 5.60 Å². The van der Waals surface area contributed by atoms with Crippen LogP contribution in [0.5, 0.6) is 0 Å². The molecule has 1 unspecified atom stereocenters. The lowest BCUT2D eigenvalue weighted by atomic mass is 9.74. The van der Waals surface area contributed by atoms with Gasteiger partial charge in [0.25, 0.3) is 11.8 Å². The minimum Gasteiger partial charge on any atom is -0.426 e. The summed E-state index contributed by atoms with van der Waals surface area (Å²) in [6.07, 6.45) is 0.763. The largest absolute Gasteiger partial charge is 0.475 e. The summed E-state index contributed by atoms with van der Waals surface area (Å²) in [4.78, 5) is 35.8. The predicted molar refractivity (Wildman–Crippen MR) is 129 cm³/mol. The number of pyridine rings is 1. The zero-order valence-corrected chi connectivity index (χ0v) is 19.7. The third-order valence-corrected chi connectivity index (χ3v) is 5.56. The molecule has 1 aromatic heterocycles. The first kappa shape index (κ1) is 25.4. The standard InChI is InChI=1S/C24H31BN4O5/c1-16(2)12-21(25(32)33)28-23(31)24(13-18-9-5-4-6-10-18)14-19(29-34-24)15-26-22(30)20-11-7-8-17(3)27-20/h4-11,16,21,32-33H,12-15H2,1-3H3,(H,26,30)(H,28,31)/t21-,24?/m0/s1. The number of benzene rings is 1. The number of rotatable bonds is 10. The smallest absolute Gasteiger partial charge is 0.426 e. The normalized spacial score (nSPS) is 18.1. The van der Waals surface area contributed by atoms with Crippen LogP contribution in [0, 0.1) is 12.8 Å². The van der Waals surface area contributed by atoms with Crippen molar-refractivity contribution in [3.63, 3.8) is 0 Å². The molecule has 0 saturated carbocycles. The van der Waals surface area contributed by atoms with Crippen LogP contribution in [0.15, 0.2) is 53.7 Å². The summed E-state index contributed by atoms with van der Waals surface area (Å²) in [5, 5.41) is 29.1. The fourth-order valence-corrected chi connectivity index (χ4v) is 3.87. The zero-order valence-electron chi connectivity index (χ0n) is 19.7. The van der Waals surface area contributed by atoms with Gasteiger partial charge in [-0.25, -0.2) is 4.98 Å². The molecule has 2 amide bonds. The number of aryl methyl sites for hydroxylation is 1. The van der Waals surface area contributed by atoms with Crippen molar-refractivity contribution in [1.29, 1.82) is 0 Å². The molecule has 9 nitrogen and oxygen atoms in total. The molecule has 0 saturated heterocycles. The second-order valence-electron chi connectivity index (χ2n) is 9.05. The molecule has 2 aromatic rings. The Morgan fingerprint density at radius 1 is 1.15 bits per heavy atom. The van der Waals surface area contributed by atoms with E-state index in [1.54, 1.807) is 25.1 Å². The third kappa shape index (κ3) is 6.65. The third-order valence-electron chi connectivity index (χ3n) is 5.56. The number of amides is 2. The summed E-state index contributed by atoms with van der Waals surface area (Å²) in [7, 11) is -1.71. The summed E-state index contributed by atoms with van der Waals surface area (Å²) < 4.78 is 0. The Hall–Kier alpha value is -3.24. The maximum absolute atomic E-state index is 13.4. The fourth-order valence-electron chi connectivity index (χ4n) is 3.87. The molecule has 0 radical (unpaired) electrons. The second-order valence-corrected chi connectivity index (χ2v) is 9.05. The molecule has 0 spiro atoms. The van der Waals surface area contributed by atoms with Crippen LogP contribution in [0.3, 0.4) is 0 Å². The van der Waals surface area contributed by atoms with Gasteiger partial charge in [0.1, 0.15) is 5.69 Å². The van der Waals surface area contributed by atoms with E-state index >= 15 is 0 Å². The molecular formula is C24H31BN4O5. The molecule has 180 valence electrons.